The number of amides is 6. The molecule has 0 aliphatic heterocycles. The minimum absolute atomic E-state index is 0.00682. The molecule has 55 heavy (non-hydrogen) atoms. The summed E-state index contributed by atoms with van der Waals surface area (Å²) in [6.45, 7) is 5.27. The van der Waals surface area contributed by atoms with Gasteiger partial charge in [0.25, 0.3) is 0 Å². The number of aliphatic imine (C=N–C) groups is 1. The molecule has 11 N–H and O–H groups in total. The molecule has 0 saturated carbocycles. The lowest BCUT2D eigenvalue weighted by Crippen LogP contribution is -2.59. The Hall–Kier alpha value is -6.06. The first-order valence-electron chi connectivity index (χ1n) is 18.1. The van der Waals surface area contributed by atoms with Crippen LogP contribution in [0.25, 0.3) is 10.8 Å². The zero-order valence-electron chi connectivity index (χ0n) is 31.4. The highest BCUT2D eigenvalue weighted by Gasteiger charge is 2.32. The second-order valence-electron chi connectivity index (χ2n) is 13.7. The SMILES string of the molecule is CC(=O)NCCC(=O)NC(Cc1ccc(F)cc1)C(=O)N[C@H](Cc1ccc2ccccc2c1)C(=O)NC(CC(C)C)C(=O)NC(CCCN=C(N)N)C(N)=O. The molecule has 0 saturated heterocycles. The number of carbonyl (C=O) groups excluding carboxylic acids is 6. The van der Waals surface area contributed by atoms with E-state index in [1.54, 1.807) is 0 Å². The first-order valence-corrected chi connectivity index (χ1v) is 18.1. The predicted octanol–water partition coefficient (Wildman–Crippen LogP) is 0.815. The normalized spacial score (nSPS) is 13.1. The smallest absolute Gasteiger partial charge is 0.243 e. The van der Waals surface area contributed by atoms with Crippen molar-refractivity contribution in [2.75, 3.05) is 13.1 Å². The second-order valence-corrected chi connectivity index (χ2v) is 13.7. The molecule has 0 aromatic heterocycles. The monoisotopic (exact) mass is 761 g/mol. The van der Waals surface area contributed by atoms with Crippen molar-refractivity contribution in [1.29, 1.82) is 0 Å². The highest BCUT2D eigenvalue weighted by Crippen LogP contribution is 2.18. The van der Waals surface area contributed by atoms with Crippen molar-refractivity contribution in [2.45, 2.75) is 83.5 Å². The lowest BCUT2D eigenvalue weighted by molar-refractivity contribution is -0.134. The number of carbonyl (C=O) groups is 6. The van der Waals surface area contributed by atoms with Crippen molar-refractivity contribution < 1.29 is 33.2 Å². The van der Waals surface area contributed by atoms with Gasteiger partial charge in [0.15, 0.2) is 5.96 Å². The van der Waals surface area contributed by atoms with Gasteiger partial charge in [-0.1, -0.05) is 68.4 Å². The number of rotatable bonds is 21. The zero-order chi connectivity index (χ0) is 40.5. The van der Waals surface area contributed by atoms with E-state index >= 15 is 0 Å². The maximum atomic E-state index is 14.2. The van der Waals surface area contributed by atoms with E-state index in [0.717, 1.165) is 10.8 Å². The number of guanidine groups is 1. The average Bonchev–Trinajstić information content (AvgIpc) is 3.12. The second kappa shape index (κ2) is 21.6. The van der Waals surface area contributed by atoms with Gasteiger partial charge in [-0.05, 0) is 59.2 Å². The molecule has 0 fully saturated rings. The van der Waals surface area contributed by atoms with Gasteiger partial charge < -0.3 is 43.8 Å². The van der Waals surface area contributed by atoms with Crippen molar-refractivity contribution in [1.82, 2.24) is 26.6 Å². The topological polar surface area (TPSA) is 253 Å². The molecule has 3 rings (SSSR count). The Morgan fingerprint density at radius 2 is 1.27 bits per heavy atom. The Kier molecular flexibility index (Phi) is 17.0. The number of nitrogens with one attached hydrogen (secondary N) is 5. The van der Waals surface area contributed by atoms with E-state index in [0.29, 0.717) is 17.5 Å². The number of benzene rings is 3. The summed E-state index contributed by atoms with van der Waals surface area (Å²) < 4.78 is 13.7. The van der Waals surface area contributed by atoms with Crippen LogP contribution in [0.3, 0.4) is 0 Å². The molecule has 15 nitrogen and oxygen atoms in total. The molecule has 0 spiro atoms. The maximum Gasteiger partial charge on any atom is 0.243 e. The van der Waals surface area contributed by atoms with Crippen LogP contribution in [0.4, 0.5) is 4.39 Å². The summed E-state index contributed by atoms with van der Waals surface area (Å²) in [6.07, 6.45) is 0.513. The maximum absolute atomic E-state index is 14.2. The Morgan fingerprint density at radius 1 is 0.709 bits per heavy atom. The molecule has 0 aliphatic rings. The van der Waals surface area contributed by atoms with Crippen molar-refractivity contribution in [2.24, 2.45) is 28.1 Å². The van der Waals surface area contributed by atoms with E-state index in [4.69, 9.17) is 17.2 Å². The third kappa shape index (κ3) is 15.4. The van der Waals surface area contributed by atoms with E-state index in [1.807, 2.05) is 56.3 Å². The first kappa shape index (κ1) is 43.3. The van der Waals surface area contributed by atoms with E-state index in [-0.39, 0.29) is 63.0 Å². The lowest BCUT2D eigenvalue weighted by atomic mass is 9.98. The van der Waals surface area contributed by atoms with E-state index in [9.17, 15) is 33.2 Å². The molecule has 6 amide bonds. The van der Waals surface area contributed by atoms with Gasteiger partial charge in [-0.2, -0.15) is 0 Å². The number of hydrogen-bond acceptors (Lipinski definition) is 7. The van der Waals surface area contributed by atoms with Crippen LogP contribution < -0.4 is 43.8 Å². The standard InChI is InChI=1S/C39H52FN9O6/c1-23(2)19-31(36(53)47-30(35(41)52)9-6-17-45-39(42)43)48-38(55)33(22-26-10-13-27-7-4-5-8-28(27)20-26)49-37(54)32(21-25-11-14-29(40)15-12-25)46-34(51)16-18-44-24(3)50/h4-5,7-8,10-15,20,23,30-33H,6,9,16-19,21-22H2,1-3H3,(H2,41,52)(H,44,50)(H,46,51)(H,47,53)(H,48,55)(H,49,54)(H4,42,43,45)/t30?,31?,32?,33-/m1/s1. The molecule has 4 atom stereocenters. The molecular weight excluding hydrogens is 709 g/mol. The van der Waals surface area contributed by atoms with Gasteiger partial charge in [0, 0.05) is 39.3 Å². The average molecular weight is 762 g/mol. The molecule has 3 unspecified atom stereocenters. The van der Waals surface area contributed by atoms with Gasteiger partial charge in [0.2, 0.25) is 35.4 Å². The Balaban J connectivity index is 1.91. The molecule has 0 radical (unpaired) electrons. The Labute approximate surface area is 319 Å². The van der Waals surface area contributed by atoms with Gasteiger partial charge in [0.05, 0.1) is 0 Å². The summed E-state index contributed by atoms with van der Waals surface area (Å²) in [5.41, 5.74) is 17.6. The summed E-state index contributed by atoms with van der Waals surface area (Å²) in [6, 6.07) is 14.0. The molecule has 0 aliphatic carbocycles. The third-order valence-corrected chi connectivity index (χ3v) is 8.56. The van der Waals surface area contributed by atoms with Crippen LogP contribution in [0.2, 0.25) is 0 Å². The van der Waals surface area contributed by atoms with Crippen LogP contribution in [-0.2, 0) is 41.6 Å². The third-order valence-electron chi connectivity index (χ3n) is 8.56. The Bertz CT molecular complexity index is 1830. The largest absolute Gasteiger partial charge is 0.370 e. The minimum atomic E-state index is -1.24. The first-order chi connectivity index (χ1) is 26.1. The van der Waals surface area contributed by atoms with Crippen molar-refractivity contribution in [3.05, 3.63) is 83.7 Å². The van der Waals surface area contributed by atoms with Gasteiger partial charge in [-0.15, -0.1) is 0 Å². The van der Waals surface area contributed by atoms with Crippen molar-refractivity contribution >= 4 is 52.2 Å². The van der Waals surface area contributed by atoms with Crippen LogP contribution in [0.5, 0.6) is 0 Å². The number of primary amides is 1. The highest BCUT2D eigenvalue weighted by molar-refractivity contribution is 5.96. The van der Waals surface area contributed by atoms with Gasteiger partial charge in [-0.3, -0.25) is 33.8 Å². The fourth-order valence-electron chi connectivity index (χ4n) is 5.80. The number of halogens is 1. The molecule has 3 aromatic rings. The lowest BCUT2D eigenvalue weighted by Gasteiger charge is -2.27. The summed E-state index contributed by atoms with van der Waals surface area (Å²) in [5, 5.41) is 15.3. The summed E-state index contributed by atoms with van der Waals surface area (Å²) in [4.78, 5) is 82.2. The number of hydrogen-bond donors (Lipinski definition) is 8. The fraction of sp³-hybridized carbons (Fsp3) is 0.410. The predicted molar refractivity (Wildman–Crippen MR) is 207 cm³/mol. The highest BCUT2D eigenvalue weighted by atomic mass is 19.1. The molecule has 16 heteroatoms. The van der Waals surface area contributed by atoms with Crippen LogP contribution in [-0.4, -0.2) is 78.7 Å². The number of nitrogens with two attached hydrogens (primary N) is 3. The molecular formula is C39H52FN9O6. The van der Waals surface area contributed by atoms with Crippen LogP contribution in [0.15, 0.2) is 71.7 Å². The molecule has 0 bridgehead atoms. The molecule has 0 heterocycles. The van der Waals surface area contributed by atoms with Crippen LogP contribution >= 0.6 is 0 Å². The van der Waals surface area contributed by atoms with Crippen LogP contribution in [0, 0.1) is 11.7 Å². The van der Waals surface area contributed by atoms with Crippen molar-refractivity contribution in [3.8, 4) is 0 Å². The molecule has 3 aromatic carbocycles. The summed E-state index contributed by atoms with van der Waals surface area (Å²) in [5.74, 6) is -4.37. The minimum Gasteiger partial charge on any atom is -0.370 e. The van der Waals surface area contributed by atoms with Crippen molar-refractivity contribution in [3.63, 3.8) is 0 Å². The van der Waals surface area contributed by atoms with E-state index < -0.39 is 59.5 Å². The number of nitrogens with zero attached hydrogens (tertiary/aromatic N) is 1. The summed E-state index contributed by atoms with van der Waals surface area (Å²) >= 11 is 0. The van der Waals surface area contributed by atoms with Gasteiger partial charge in [0.1, 0.15) is 30.0 Å². The fourth-order valence-corrected chi connectivity index (χ4v) is 5.80. The number of fused-ring (bicyclic) bond motifs is 1. The van der Waals surface area contributed by atoms with Gasteiger partial charge in [-0.25, -0.2) is 4.39 Å². The van der Waals surface area contributed by atoms with Crippen LogP contribution in [0.1, 0.15) is 57.6 Å². The molecule has 296 valence electrons. The zero-order valence-corrected chi connectivity index (χ0v) is 31.4. The quantitative estimate of drug-likeness (QED) is 0.0437. The van der Waals surface area contributed by atoms with E-state index in [1.165, 1.54) is 31.2 Å². The Morgan fingerprint density at radius 3 is 1.89 bits per heavy atom. The van der Waals surface area contributed by atoms with Gasteiger partial charge >= 0.3 is 0 Å². The van der Waals surface area contributed by atoms with E-state index in [2.05, 4.69) is 31.6 Å². The summed E-state index contributed by atoms with van der Waals surface area (Å²) in [7, 11) is 0.